The van der Waals surface area contributed by atoms with Crippen molar-refractivity contribution in [1.29, 1.82) is 0 Å². The van der Waals surface area contributed by atoms with Gasteiger partial charge in [-0.15, -0.1) is 0 Å². The molecule has 2 N–H and O–H groups in total. The van der Waals surface area contributed by atoms with Crippen LogP contribution >= 0.6 is 34.8 Å². The molecule has 0 heterocycles. The first-order valence-corrected chi connectivity index (χ1v) is 6.92. The zero-order chi connectivity index (χ0) is 15.6. The van der Waals surface area contributed by atoms with Crippen LogP contribution in [0.3, 0.4) is 0 Å². The number of carboxylic acids is 1. The molecule has 2 aromatic rings. The van der Waals surface area contributed by atoms with Crippen molar-refractivity contribution in [3.8, 4) is 0 Å². The van der Waals surface area contributed by atoms with Gasteiger partial charge in [0.2, 0.25) is 0 Å². The van der Waals surface area contributed by atoms with Crippen LogP contribution < -0.4 is 5.32 Å². The summed E-state index contributed by atoms with van der Waals surface area (Å²) in [6, 6.07) is 6.56. The molecule has 2 rings (SSSR count). The second-order valence-electron chi connectivity index (χ2n) is 4.21. The molecule has 0 saturated carbocycles. The summed E-state index contributed by atoms with van der Waals surface area (Å²) in [7, 11) is 0. The number of rotatable bonds is 4. The molecule has 0 aliphatic rings. The summed E-state index contributed by atoms with van der Waals surface area (Å²) in [5, 5.41) is 12.7. The Bertz CT molecular complexity index is 707. The van der Waals surface area contributed by atoms with Gasteiger partial charge in [-0.25, -0.2) is 9.18 Å². The average Bonchev–Trinajstić information content (AvgIpc) is 2.42. The first kappa shape index (κ1) is 15.9. The van der Waals surface area contributed by atoms with Gasteiger partial charge in [-0.2, -0.15) is 0 Å². The van der Waals surface area contributed by atoms with Gasteiger partial charge in [0.25, 0.3) is 0 Å². The molecule has 2 aromatic carbocycles. The normalized spacial score (nSPS) is 10.5. The Kier molecular flexibility index (Phi) is 4.93. The average molecular weight is 349 g/mol. The van der Waals surface area contributed by atoms with E-state index in [1.54, 1.807) is 0 Å². The Labute approximate surface area is 135 Å². The van der Waals surface area contributed by atoms with E-state index in [0.717, 1.165) is 6.07 Å². The standard InChI is InChI=1S/C14H9Cl3FNO2/c15-9-4-11(17)13(5-10(9)16)19-6-8-3-7(14(20)21)1-2-12(8)18/h1-5,19H,6H2,(H,20,21). The van der Waals surface area contributed by atoms with Gasteiger partial charge < -0.3 is 10.4 Å². The van der Waals surface area contributed by atoms with Gasteiger partial charge in [-0.05, 0) is 30.3 Å². The highest BCUT2D eigenvalue weighted by Crippen LogP contribution is 2.32. The molecule has 0 aliphatic heterocycles. The number of carboxylic acid groups (broad SMARTS) is 1. The largest absolute Gasteiger partial charge is 0.478 e. The van der Waals surface area contributed by atoms with E-state index in [1.165, 1.54) is 24.3 Å². The molecule has 0 amide bonds. The molecular weight excluding hydrogens is 340 g/mol. The summed E-state index contributed by atoms with van der Waals surface area (Å²) in [4.78, 5) is 10.9. The van der Waals surface area contributed by atoms with E-state index >= 15 is 0 Å². The van der Waals surface area contributed by atoms with E-state index in [9.17, 15) is 9.18 Å². The summed E-state index contributed by atoms with van der Waals surface area (Å²) in [6.07, 6.45) is 0. The molecule has 0 aromatic heterocycles. The lowest BCUT2D eigenvalue weighted by atomic mass is 10.1. The van der Waals surface area contributed by atoms with Crippen LogP contribution in [0.1, 0.15) is 15.9 Å². The predicted octanol–water partition coefficient (Wildman–Crippen LogP) is 5.10. The SMILES string of the molecule is O=C(O)c1ccc(F)c(CNc2cc(Cl)c(Cl)cc2Cl)c1. The third-order valence-electron chi connectivity index (χ3n) is 2.77. The van der Waals surface area contributed by atoms with E-state index < -0.39 is 11.8 Å². The molecule has 21 heavy (non-hydrogen) atoms. The summed E-state index contributed by atoms with van der Waals surface area (Å²) in [5.41, 5.74) is 0.691. The predicted molar refractivity (Wildman–Crippen MR) is 82.2 cm³/mol. The lowest BCUT2D eigenvalue weighted by molar-refractivity contribution is 0.0696. The highest BCUT2D eigenvalue weighted by molar-refractivity contribution is 6.44. The van der Waals surface area contributed by atoms with Crippen molar-refractivity contribution in [1.82, 2.24) is 0 Å². The first-order valence-electron chi connectivity index (χ1n) is 5.78. The minimum absolute atomic E-state index is 0.00781. The van der Waals surface area contributed by atoms with Gasteiger partial charge >= 0.3 is 5.97 Å². The van der Waals surface area contributed by atoms with Gasteiger partial charge in [0.15, 0.2) is 0 Å². The number of hydrogen-bond acceptors (Lipinski definition) is 2. The Hall–Kier alpha value is -1.49. The van der Waals surface area contributed by atoms with E-state index in [-0.39, 0.29) is 17.7 Å². The lowest BCUT2D eigenvalue weighted by Gasteiger charge is -2.11. The Morgan fingerprint density at radius 2 is 1.76 bits per heavy atom. The van der Waals surface area contributed by atoms with Crippen molar-refractivity contribution in [2.75, 3.05) is 5.32 Å². The molecule has 0 atom stereocenters. The molecule has 0 saturated heterocycles. The molecule has 0 unspecified atom stereocenters. The molecular formula is C14H9Cl3FNO2. The van der Waals surface area contributed by atoms with Crippen molar-refractivity contribution in [3.05, 3.63) is 62.3 Å². The number of hydrogen-bond donors (Lipinski definition) is 2. The molecule has 0 aliphatic carbocycles. The van der Waals surface area contributed by atoms with Crippen LogP contribution in [0.15, 0.2) is 30.3 Å². The Morgan fingerprint density at radius 1 is 1.10 bits per heavy atom. The van der Waals surface area contributed by atoms with E-state index in [1.807, 2.05) is 0 Å². The quantitative estimate of drug-likeness (QED) is 0.756. The Morgan fingerprint density at radius 3 is 2.43 bits per heavy atom. The number of aromatic carboxylic acids is 1. The molecule has 7 heteroatoms. The molecule has 0 fully saturated rings. The van der Waals surface area contributed by atoms with E-state index in [0.29, 0.717) is 20.8 Å². The van der Waals surface area contributed by atoms with Crippen LogP contribution in [0.4, 0.5) is 10.1 Å². The molecule has 0 radical (unpaired) electrons. The van der Waals surface area contributed by atoms with Crippen molar-refractivity contribution in [2.24, 2.45) is 0 Å². The maximum atomic E-state index is 13.7. The van der Waals surface area contributed by atoms with E-state index in [2.05, 4.69) is 5.32 Å². The van der Waals surface area contributed by atoms with Crippen LogP contribution in [0.5, 0.6) is 0 Å². The minimum Gasteiger partial charge on any atom is -0.478 e. The van der Waals surface area contributed by atoms with Crippen molar-refractivity contribution >= 4 is 46.5 Å². The van der Waals surface area contributed by atoms with Crippen LogP contribution in [0.25, 0.3) is 0 Å². The van der Waals surface area contributed by atoms with E-state index in [4.69, 9.17) is 39.9 Å². The smallest absolute Gasteiger partial charge is 0.335 e. The van der Waals surface area contributed by atoms with Crippen LogP contribution in [0, 0.1) is 5.82 Å². The fourth-order valence-electron chi connectivity index (χ4n) is 1.69. The van der Waals surface area contributed by atoms with Gasteiger partial charge in [-0.3, -0.25) is 0 Å². The van der Waals surface area contributed by atoms with Crippen molar-refractivity contribution < 1.29 is 14.3 Å². The summed E-state index contributed by atoms with van der Waals surface area (Å²) >= 11 is 17.7. The summed E-state index contributed by atoms with van der Waals surface area (Å²) in [6.45, 7) is 0.0602. The van der Waals surface area contributed by atoms with Crippen molar-refractivity contribution in [2.45, 2.75) is 6.54 Å². The first-order chi connectivity index (χ1) is 9.88. The van der Waals surface area contributed by atoms with Crippen LogP contribution in [0.2, 0.25) is 15.1 Å². The van der Waals surface area contributed by atoms with Gasteiger partial charge in [0.05, 0.1) is 26.3 Å². The highest BCUT2D eigenvalue weighted by Gasteiger charge is 2.10. The monoisotopic (exact) mass is 347 g/mol. The minimum atomic E-state index is -1.12. The fourth-order valence-corrected chi connectivity index (χ4v) is 2.31. The topological polar surface area (TPSA) is 49.3 Å². The molecule has 3 nitrogen and oxygen atoms in total. The number of halogens is 4. The third-order valence-corrected chi connectivity index (χ3v) is 3.81. The fraction of sp³-hybridized carbons (Fsp3) is 0.0714. The van der Waals surface area contributed by atoms with Crippen molar-refractivity contribution in [3.63, 3.8) is 0 Å². The second kappa shape index (κ2) is 6.52. The zero-order valence-electron chi connectivity index (χ0n) is 10.5. The second-order valence-corrected chi connectivity index (χ2v) is 5.43. The lowest BCUT2D eigenvalue weighted by Crippen LogP contribution is -2.05. The van der Waals surface area contributed by atoms with Gasteiger partial charge in [0.1, 0.15) is 5.82 Å². The molecule has 0 spiro atoms. The molecule has 110 valence electrons. The molecule has 0 bridgehead atoms. The van der Waals surface area contributed by atoms with Gasteiger partial charge in [0, 0.05) is 12.1 Å². The summed E-state index contributed by atoms with van der Waals surface area (Å²) < 4.78 is 13.7. The van der Waals surface area contributed by atoms with Crippen LogP contribution in [-0.2, 0) is 6.54 Å². The Balaban J connectivity index is 2.22. The van der Waals surface area contributed by atoms with Gasteiger partial charge in [-0.1, -0.05) is 34.8 Å². The number of anilines is 1. The van der Waals surface area contributed by atoms with Crippen LogP contribution in [-0.4, -0.2) is 11.1 Å². The maximum absolute atomic E-state index is 13.7. The zero-order valence-corrected chi connectivity index (χ0v) is 12.7. The highest BCUT2D eigenvalue weighted by atomic mass is 35.5. The number of benzene rings is 2. The number of nitrogens with one attached hydrogen (secondary N) is 1. The summed E-state index contributed by atoms with van der Waals surface area (Å²) in [5.74, 6) is -1.63. The maximum Gasteiger partial charge on any atom is 0.335 e. The number of carbonyl (C=O) groups is 1. The third kappa shape index (κ3) is 3.79.